The number of aliphatic hydroxyl groups is 1. The monoisotopic (exact) mass is 578 g/mol. The van der Waals surface area contributed by atoms with E-state index in [-0.39, 0.29) is 22.7 Å². The number of aromatic amines is 1. The molecular formula is C30H24Cl2N2O6. The molecule has 204 valence electrons. The Hall–Kier alpha value is -4.27. The number of H-pyrrole nitrogens is 1. The van der Waals surface area contributed by atoms with E-state index in [4.69, 9.17) is 32.7 Å². The van der Waals surface area contributed by atoms with Crippen LogP contribution in [-0.4, -0.2) is 53.4 Å². The molecule has 1 aliphatic rings. The molecule has 0 unspecified atom stereocenters. The molecule has 1 amide bonds. The van der Waals surface area contributed by atoms with Gasteiger partial charge in [-0.25, -0.2) is 4.79 Å². The average Bonchev–Trinajstić information content (AvgIpc) is 3.48. The van der Waals surface area contributed by atoms with Gasteiger partial charge in [-0.3, -0.25) is 9.59 Å². The second-order valence-electron chi connectivity index (χ2n) is 9.21. The van der Waals surface area contributed by atoms with Crippen molar-refractivity contribution < 1.29 is 29.0 Å². The van der Waals surface area contributed by atoms with Crippen molar-refractivity contribution in [3.05, 3.63) is 105 Å². The van der Waals surface area contributed by atoms with Crippen molar-refractivity contribution in [2.45, 2.75) is 12.5 Å². The first-order valence-corrected chi connectivity index (χ1v) is 13.0. The van der Waals surface area contributed by atoms with Gasteiger partial charge in [0.15, 0.2) is 0 Å². The van der Waals surface area contributed by atoms with Crippen LogP contribution in [0.1, 0.15) is 33.1 Å². The summed E-state index contributed by atoms with van der Waals surface area (Å²) in [4.78, 5) is 43.4. The molecule has 40 heavy (non-hydrogen) atoms. The number of carbonyl (C=O) groups is 3. The number of esters is 1. The fourth-order valence-electron chi connectivity index (χ4n) is 4.94. The second-order valence-corrected chi connectivity index (χ2v) is 10.0. The fourth-order valence-corrected chi connectivity index (χ4v) is 5.43. The maximum Gasteiger partial charge on any atom is 0.337 e. The van der Waals surface area contributed by atoms with E-state index in [1.165, 1.54) is 30.2 Å². The smallest absolute Gasteiger partial charge is 0.337 e. The molecule has 0 aliphatic carbocycles. The van der Waals surface area contributed by atoms with Crippen LogP contribution < -0.4 is 4.74 Å². The maximum absolute atomic E-state index is 13.4. The number of carbonyl (C=O) groups excluding carboxylic acids is 3. The van der Waals surface area contributed by atoms with Crippen LogP contribution in [0.4, 0.5) is 0 Å². The van der Waals surface area contributed by atoms with Gasteiger partial charge < -0.3 is 24.5 Å². The zero-order chi connectivity index (χ0) is 28.6. The molecule has 4 aromatic rings. The van der Waals surface area contributed by atoms with Gasteiger partial charge in [0.1, 0.15) is 11.5 Å². The Balaban J connectivity index is 1.58. The zero-order valence-corrected chi connectivity index (χ0v) is 23.0. The standard InChI is InChI=1S/C30H24Cl2N2O6/c1-39-20-8-10-24-22(14-20)18(15-33-24)11-12-34-26(16-3-5-17(6-4-16)30(38)40-2)25(28(36)29(34)37)27(35)21-9-7-19(31)13-23(21)32/h3-10,13-15,26,33,35H,11-12H2,1-2H3/t26-/m1/s1. The van der Waals surface area contributed by atoms with Crippen molar-refractivity contribution in [2.75, 3.05) is 20.8 Å². The summed E-state index contributed by atoms with van der Waals surface area (Å²) in [5.41, 5.74) is 2.72. The summed E-state index contributed by atoms with van der Waals surface area (Å²) < 4.78 is 10.1. The van der Waals surface area contributed by atoms with E-state index in [0.717, 1.165) is 16.5 Å². The SMILES string of the molecule is COC(=O)c1ccc([C@@H]2C(=C(O)c3ccc(Cl)cc3Cl)C(=O)C(=O)N2CCc2c[nH]c3ccc(OC)cc23)cc1. The zero-order valence-electron chi connectivity index (χ0n) is 21.5. The van der Waals surface area contributed by atoms with Gasteiger partial charge in [0.05, 0.1) is 36.4 Å². The van der Waals surface area contributed by atoms with Gasteiger partial charge in [0.25, 0.3) is 11.7 Å². The van der Waals surface area contributed by atoms with Gasteiger partial charge in [0.2, 0.25) is 0 Å². The molecule has 1 fully saturated rings. The van der Waals surface area contributed by atoms with Crippen LogP contribution >= 0.6 is 23.2 Å². The lowest BCUT2D eigenvalue weighted by atomic mass is 9.94. The Labute approximate surface area is 239 Å². The van der Waals surface area contributed by atoms with Crippen molar-refractivity contribution in [3.63, 3.8) is 0 Å². The highest BCUT2D eigenvalue weighted by Gasteiger charge is 2.46. The number of halogens is 2. The van der Waals surface area contributed by atoms with Crippen molar-refractivity contribution in [3.8, 4) is 5.75 Å². The molecular weight excluding hydrogens is 555 g/mol. The summed E-state index contributed by atoms with van der Waals surface area (Å²) in [7, 11) is 2.87. The number of likely N-dealkylation sites (tertiary alicyclic amines) is 1. The van der Waals surface area contributed by atoms with Crippen molar-refractivity contribution in [1.29, 1.82) is 0 Å². The lowest BCUT2D eigenvalue weighted by Crippen LogP contribution is -2.31. The minimum atomic E-state index is -0.932. The van der Waals surface area contributed by atoms with E-state index in [1.54, 1.807) is 31.4 Å². The predicted molar refractivity (Wildman–Crippen MR) is 152 cm³/mol. The summed E-state index contributed by atoms with van der Waals surface area (Å²) in [6.45, 7) is 0.170. The highest BCUT2D eigenvalue weighted by molar-refractivity contribution is 6.47. The van der Waals surface area contributed by atoms with E-state index >= 15 is 0 Å². The number of Topliss-reactive ketones (excluding diaryl/α,β-unsaturated/α-hetero) is 1. The van der Waals surface area contributed by atoms with Crippen LogP contribution in [0.2, 0.25) is 10.0 Å². The molecule has 0 spiro atoms. The third-order valence-electron chi connectivity index (χ3n) is 6.97. The number of methoxy groups -OCH3 is 2. The molecule has 2 N–H and O–H groups in total. The summed E-state index contributed by atoms with van der Waals surface area (Å²) in [5, 5.41) is 12.7. The summed E-state index contributed by atoms with van der Waals surface area (Å²) >= 11 is 12.4. The third-order valence-corrected chi connectivity index (χ3v) is 7.52. The number of nitrogens with one attached hydrogen (secondary N) is 1. The Morgan fingerprint density at radius 1 is 1.02 bits per heavy atom. The Kier molecular flexibility index (Phi) is 7.56. The second kappa shape index (κ2) is 11.1. The topological polar surface area (TPSA) is 109 Å². The van der Waals surface area contributed by atoms with Gasteiger partial charge in [-0.1, -0.05) is 35.3 Å². The van der Waals surface area contributed by atoms with E-state index in [1.807, 2.05) is 24.4 Å². The van der Waals surface area contributed by atoms with Gasteiger partial charge in [-0.05, 0) is 66.1 Å². The largest absolute Gasteiger partial charge is 0.507 e. The number of ketones is 1. The fraction of sp³-hybridized carbons (Fsp3) is 0.167. The van der Waals surface area contributed by atoms with Gasteiger partial charge in [-0.15, -0.1) is 0 Å². The number of nitrogens with zero attached hydrogens (tertiary/aromatic N) is 1. The number of amides is 1. The van der Waals surface area contributed by atoms with Crippen molar-refractivity contribution in [1.82, 2.24) is 9.88 Å². The number of rotatable bonds is 7. The van der Waals surface area contributed by atoms with Crippen LogP contribution in [0.15, 0.2) is 72.4 Å². The lowest BCUT2D eigenvalue weighted by molar-refractivity contribution is -0.139. The molecule has 5 rings (SSSR count). The van der Waals surface area contributed by atoms with Gasteiger partial charge >= 0.3 is 5.97 Å². The molecule has 0 bridgehead atoms. The Morgan fingerprint density at radius 2 is 1.77 bits per heavy atom. The minimum absolute atomic E-state index is 0.111. The maximum atomic E-state index is 13.4. The molecule has 1 atom stereocenters. The van der Waals surface area contributed by atoms with E-state index in [2.05, 4.69) is 4.98 Å². The summed E-state index contributed by atoms with van der Waals surface area (Å²) in [6, 6.07) is 15.5. The first-order valence-electron chi connectivity index (χ1n) is 12.3. The Morgan fingerprint density at radius 3 is 2.45 bits per heavy atom. The van der Waals surface area contributed by atoms with E-state index < -0.39 is 29.5 Å². The molecule has 0 radical (unpaired) electrons. The Bertz CT molecular complexity index is 1680. The molecule has 0 saturated carbocycles. The molecule has 2 heterocycles. The van der Waals surface area contributed by atoms with Crippen molar-refractivity contribution in [2.24, 2.45) is 0 Å². The van der Waals surface area contributed by atoms with Gasteiger partial charge in [-0.2, -0.15) is 0 Å². The van der Waals surface area contributed by atoms with E-state index in [0.29, 0.717) is 28.3 Å². The highest BCUT2D eigenvalue weighted by atomic mass is 35.5. The van der Waals surface area contributed by atoms with E-state index in [9.17, 15) is 19.5 Å². The molecule has 1 saturated heterocycles. The first kappa shape index (κ1) is 27.3. The number of hydrogen-bond acceptors (Lipinski definition) is 6. The molecule has 3 aromatic carbocycles. The number of ether oxygens (including phenoxy) is 2. The molecule has 1 aromatic heterocycles. The molecule has 10 heteroatoms. The molecule has 8 nitrogen and oxygen atoms in total. The third kappa shape index (κ3) is 4.92. The predicted octanol–water partition coefficient (Wildman–Crippen LogP) is 5.93. The normalized spacial score (nSPS) is 16.5. The number of aliphatic hydroxyl groups excluding tert-OH is 1. The van der Waals surface area contributed by atoms with Crippen molar-refractivity contribution >= 4 is 57.5 Å². The van der Waals surface area contributed by atoms with Crippen LogP contribution in [0.3, 0.4) is 0 Å². The number of benzene rings is 3. The quantitative estimate of drug-likeness (QED) is 0.122. The number of hydrogen-bond donors (Lipinski definition) is 2. The first-order chi connectivity index (χ1) is 19.2. The summed E-state index contributed by atoms with van der Waals surface area (Å²) in [5.74, 6) is -1.85. The minimum Gasteiger partial charge on any atom is -0.507 e. The van der Waals surface area contributed by atoms with Crippen LogP contribution in [0, 0.1) is 0 Å². The van der Waals surface area contributed by atoms with Gasteiger partial charge in [0, 0.05) is 34.2 Å². The van der Waals surface area contributed by atoms with Crippen LogP contribution in [0.5, 0.6) is 5.75 Å². The van der Waals surface area contributed by atoms with Crippen LogP contribution in [0.25, 0.3) is 16.7 Å². The summed E-state index contributed by atoms with van der Waals surface area (Å²) in [6.07, 6.45) is 2.27. The number of fused-ring (bicyclic) bond motifs is 1. The van der Waals surface area contributed by atoms with Crippen LogP contribution in [-0.2, 0) is 20.7 Å². The number of aromatic nitrogens is 1. The average molecular weight is 579 g/mol. The molecule has 1 aliphatic heterocycles. The highest BCUT2D eigenvalue weighted by Crippen LogP contribution is 2.41. The lowest BCUT2D eigenvalue weighted by Gasteiger charge is -2.25.